The van der Waals surface area contributed by atoms with Crippen molar-refractivity contribution in [3.05, 3.63) is 0 Å². The molecule has 0 aliphatic carbocycles. The van der Waals surface area contributed by atoms with Gasteiger partial charge in [0.15, 0.2) is 0 Å². The standard InChI is InChI=1S/C6H13N3O2/c1-4(2)6(10)11-5(3)8-9-7/h4-5H,1-3H3,(H2,7,8). The smallest absolute Gasteiger partial charge is 0.310 e. The van der Waals surface area contributed by atoms with Gasteiger partial charge in [-0.25, -0.2) is 0 Å². The molecule has 0 heterocycles. The maximum absolute atomic E-state index is 10.9. The van der Waals surface area contributed by atoms with Gasteiger partial charge in [0.05, 0.1) is 5.92 Å². The predicted octanol–water partition coefficient (Wildman–Crippen LogP) is 0.857. The van der Waals surface area contributed by atoms with Crippen molar-refractivity contribution in [3.63, 3.8) is 0 Å². The molecule has 2 N–H and O–H groups in total. The zero-order valence-corrected chi connectivity index (χ0v) is 6.94. The minimum absolute atomic E-state index is 0.148. The Balaban J connectivity index is 3.75. The van der Waals surface area contributed by atoms with Crippen LogP contribution in [0.2, 0.25) is 0 Å². The van der Waals surface area contributed by atoms with E-state index in [0.717, 1.165) is 0 Å². The highest BCUT2D eigenvalue weighted by molar-refractivity contribution is 5.71. The van der Waals surface area contributed by atoms with Gasteiger partial charge in [-0.1, -0.05) is 19.1 Å². The zero-order chi connectivity index (χ0) is 8.85. The molecule has 0 radical (unpaired) electrons. The lowest BCUT2D eigenvalue weighted by molar-refractivity contribution is -0.151. The molecule has 0 rings (SSSR count). The number of rotatable bonds is 3. The van der Waals surface area contributed by atoms with Gasteiger partial charge in [0.1, 0.15) is 0 Å². The molecule has 0 aliphatic rings. The lowest BCUT2D eigenvalue weighted by Crippen LogP contribution is -2.17. The molecule has 1 atom stereocenters. The Kier molecular flexibility index (Phi) is 4.17. The van der Waals surface area contributed by atoms with E-state index in [-0.39, 0.29) is 11.9 Å². The number of ether oxygens (including phenoxy) is 1. The van der Waals surface area contributed by atoms with E-state index in [0.29, 0.717) is 0 Å². The van der Waals surface area contributed by atoms with Crippen molar-refractivity contribution in [2.45, 2.75) is 27.0 Å². The normalized spacial score (nSPS) is 13.8. The molecular weight excluding hydrogens is 146 g/mol. The van der Waals surface area contributed by atoms with Crippen LogP contribution in [0.15, 0.2) is 10.3 Å². The highest BCUT2D eigenvalue weighted by Gasteiger charge is 2.11. The van der Waals surface area contributed by atoms with E-state index in [2.05, 4.69) is 10.3 Å². The first kappa shape index (κ1) is 9.87. The van der Waals surface area contributed by atoms with Crippen molar-refractivity contribution in [3.8, 4) is 0 Å². The van der Waals surface area contributed by atoms with Crippen LogP contribution in [0, 0.1) is 5.92 Å². The van der Waals surface area contributed by atoms with Gasteiger partial charge in [0.25, 0.3) is 0 Å². The first-order valence-corrected chi connectivity index (χ1v) is 3.38. The molecule has 5 nitrogen and oxygen atoms in total. The van der Waals surface area contributed by atoms with Gasteiger partial charge in [-0.05, 0) is 6.92 Å². The van der Waals surface area contributed by atoms with E-state index in [4.69, 9.17) is 10.6 Å². The molecule has 0 aromatic heterocycles. The second-order valence-electron chi connectivity index (χ2n) is 2.42. The maximum Gasteiger partial charge on any atom is 0.310 e. The quantitative estimate of drug-likeness (QED) is 0.287. The van der Waals surface area contributed by atoms with Crippen molar-refractivity contribution in [2.24, 2.45) is 22.1 Å². The SMILES string of the molecule is CC(N=NN)OC(=O)C(C)C. The van der Waals surface area contributed by atoms with Crippen LogP contribution in [0.1, 0.15) is 20.8 Å². The summed E-state index contributed by atoms with van der Waals surface area (Å²) in [6.07, 6.45) is -0.588. The molecule has 5 heteroatoms. The Hall–Kier alpha value is -1.13. The fourth-order valence-corrected chi connectivity index (χ4v) is 0.422. The topological polar surface area (TPSA) is 77.0 Å². The molecule has 0 fully saturated rings. The van der Waals surface area contributed by atoms with Crippen LogP contribution in [0.4, 0.5) is 0 Å². The summed E-state index contributed by atoms with van der Waals surface area (Å²) in [5, 5.41) is 6.40. The third kappa shape index (κ3) is 4.30. The average Bonchev–Trinajstić information content (AvgIpc) is 1.87. The van der Waals surface area contributed by atoms with Gasteiger partial charge in [0.2, 0.25) is 6.23 Å². The second kappa shape index (κ2) is 4.65. The summed E-state index contributed by atoms with van der Waals surface area (Å²) in [5.41, 5.74) is 0. The van der Waals surface area contributed by atoms with Crippen molar-refractivity contribution in [1.82, 2.24) is 0 Å². The minimum atomic E-state index is -0.588. The van der Waals surface area contributed by atoms with Crippen LogP contribution in [0.3, 0.4) is 0 Å². The van der Waals surface area contributed by atoms with E-state index in [1.54, 1.807) is 20.8 Å². The van der Waals surface area contributed by atoms with Crippen LogP contribution < -0.4 is 5.84 Å². The van der Waals surface area contributed by atoms with Crippen LogP contribution in [-0.4, -0.2) is 12.2 Å². The van der Waals surface area contributed by atoms with E-state index in [1.165, 1.54) is 0 Å². The van der Waals surface area contributed by atoms with E-state index in [9.17, 15) is 4.79 Å². The average molecular weight is 159 g/mol. The number of nitrogens with two attached hydrogens (primary N) is 1. The first-order chi connectivity index (χ1) is 5.07. The van der Waals surface area contributed by atoms with Crippen molar-refractivity contribution < 1.29 is 9.53 Å². The van der Waals surface area contributed by atoms with Gasteiger partial charge in [-0.3, -0.25) is 4.79 Å². The molecule has 0 aromatic carbocycles. The summed E-state index contributed by atoms with van der Waals surface area (Å²) in [6, 6.07) is 0. The monoisotopic (exact) mass is 159 g/mol. The lowest BCUT2D eigenvalue weighted by Gasteiger charge is -2.08. The largest absolute Gasteiger partial charge is 0.438 e. The molecule has 0 bridgehead atoms. The minimum Gasteiger partial charge on any atom is -0.438 e. The molecule has 0 aliphatic heterocycles. The van der Waals surface area contributed by atoms with E-state index >= 15 is 0 Å². The lowest BCUT2D eigenvalue weighted by atomic mass is 10.2. The van der Waals surface area contributed by atoms with Gasteiger partial charge < -0.3 is 10.6 Å². The summed E-state index contributed by atoms with van der Waals surface area (Å²) in [5.74, 6) is 4.30. The van der Waals surface area contributed by atoms with Gasteiger partial charge >= 0.3 is 5.97 Å². The fraction of sp³-hybridized carbons (Fsp3) is 0.833. The fourth-order valence-electron chi connectivity index (χ4n) is 0.422. The van der Waals surface area contributed by atoms with Crippen LogP contribution in [0.25, 0.3) is 0 Å². The van der Waals surface area contributed by atoms with E-state index in [1.807, 2.05) is 0 Å². The number of carbonyl (C=O) groups excluding carboxylic acids is 1. The van der Waals surface area contributed by atoms with Gasteiger partial charge in [-0.15, -0.1) is 5.11 Å². The molecule has 0 spiro atoms. The van der Waals surface area contributed by atoms with E-state index < -0.39 is 6.23 Å². The maximum atomic E-state index is 10.9. The van der Waals surface area contributed by atoms with Crippen LogP contribution in [-0.2, 0) is 9.53 Å². The molecule has 0 amide bonds. The predicted molar refractivity (Wildman–Crippen MR) is 39.4 cm³/mol. The zero-order valence-electron chi connectivity index (χ0n) is 6.94. The number of carbonyl (C=O) groups is 1. The third-order valence-corrected chi connectivity index (χ3v) is 0.987. The second-order valence-corrected chi connectivity index (χ2v) is 2.42. The Bertz CT molecular complexity index is 156. The molecule has 0 saturated carbocycles. The Labute approximate surface area is 65.6 Å². The Morgan fingerprint density at radius 3 is 2.36 bits per heavy atom. The summed E-state index contributed by atoms with van der Waals surface area (Å²) >= 11 is 0. The van der Waals surface area contributed by atoms with Crippen molar-refractivity contribution >= 4 is 5.97 Å². The third-order valence-electron chi connectivity index (χ3n) is 0.987. The Morgan fingerprint density at radius 1 is 1.45 bits per heavy atom. The number of nitrogens with zero attached hydrogens (tertiary/aromatic N) is 2. The first-order valence-electron chi connectivity index (χ1n) is 3.38. The summed E-state index contributed by atoms with van der Waals surface area (Å²) in [4.78, 5) is 10.9. The number of esters is 1. The summed E-state index contributed by atoms with van der Waals surface area (Å²) < 4.78 is 4.77. The summed E-state index contributed by atoms with van der Waals surface area (Å²) in [7, 11) is 0. The molecule has 11 heavy (non-hydrogen) atoms. The van der Waals surface area contributed by atoms with Gasteiger partial charge in [0, 0.05) is 0 Å². The van der Waals surface area contributed by atoms with Crippen LogP contribution >= 0.6 is 0 Å². The highest BCUT2D eigenvalue weighted by atomic mass is 16.6. The van der Waals surface area contributed by atoms with Gasteiger partial charge in [-0.2, -0.15) is 0 Å². The molecule has 0 aromatic rings. The molecule has 0 saturated heterocycles. The number of hydrogen-bond donors (Lipinski definition) is 1. The molecular formula is C6H13N3O2. The summed E-state index contributed by atoms with van der Waals surface area (Å²) in [6.45, 7) is 5.08. The van der Waals surface area contributed by atoms with Crippen LogP contribution in [0.5, 0.6) is 0 Å². The highest BCUT2D eigenvalue weighted by Crippen LogP contribution is 2.00. The molecule has 64 valence electrons. The Morgan fingerprint density at radius 2 is 2.00 bits per heavy atom. The van der Waals surface area contributed by atoms with Crippen molar-refractivity contribution in [2.75, 3.05) is 0 Å². The van der Waals surface area contributed by atoms with Crippen molar-refractivity contribution in [1.29, 1.82) is 0 Å². The number of hydrogen-bond acceptors (Lipinski definition) is 4. The molecule has 1 unspecified atom stereocenters.